The summed E-state index contributed by atoms with van der Waals surface area (Å²) < 4.78 is 0.502. The van der Waals surface area contributed by atoms with Gasteiger partial charge in [-0.1, -0.05) is 11.6 Å². The van der Waals surface area contributed by atoms with E-state index in [1.54, 1.807) is 6.20 Å². The Hall–Kier alpha value is -0.120. The normalized spacial score (nSPS) is 10.0. The van der Waals surface area contributed by atoms with Gasteiger partial charge in [0, 0.05) is 17.5 Å². The average molecular weight is 210 g/mol. The fraction of sp³-hybridized carbons (Fsp3) is 0.333. The van der Waals surface area contributed by atoms with Crippen LogP contribution in [0, 0.1) is 0 Å². The molecule has 0 radical (unpaired) electrons. The van der Waals surface area contributed by atoms with Gasteiger partial charge >= 0.3 is 0 Å². The smallest absolute Gasteiger partial charge is 0.221 e. The summed E-state index contributed by atoms with van der Waals surface area (Å²) in [7, 11) is 0. The number of aromatic nitrogens is 1. The highest BCUT2D eigenvalue weighted by Crippen LogP contribution is 2.19. The molecule has 1 rings (SSSR count). The Bertz CT molecular complexity index is 261. The zero-order valence-corrected chi connectivity index (χ0v) is 7.84. The quantitative estimate of drug-likeness (QED) is 0.717. The predicted octanol–water partition coefficient (Wildman–Crippen LogP) is 2.49. The van der Waals surface area contributed by atoms with E-state index >= 15 is 0 Å². The highest BCUT2D eigenvalue weighted by atomic mass is 35.5. The van der Waals surface area contributed by atoms with Crippen molar-refractivity contribution in [1.82, 2.24) is 4.98 Å². The van der Waals surface area contributed by atoms with Gasteiger partial charge in [0.2, 0.25) is 5.24 Å². The van der Waals surface area contributed by atoms with Gasteiger partial charge in [0.05, 0.1) is 0 Å². The molecule has 11 heavy (non-hydrogen) atoms. The number of carbonyl (C=O) groups excluding carboxylic acids is 1. The van der Waals surface area contributed by atoms with Gasteiger partial charge in [0.15, 0.2) is 4.47 Å². The van der Waals surface area contributed by atoms with Crippen LogP contribution in [0.3, 0.4) is 0 Å². The molecule has 0 spiro atoms. The van der Waals surface area contributed by atoms with E-state index in [1.807, 2.05) is 0 Å². The van der Waals surface area contributed by atoms with Crippen LogP contribution in [0.5, 0.6) is 0 Å². The van der Waals surface area contributed by atoms with E-state index in [1.165, 1.54) is 11.3 Å². The molecule has 0 saturated heterocycles. The van der Waals surface area contributed by atoms with Gasteiger partial charge in [-0.05, 0) is 18.0 Å². The van der Waals surface area contributed by atoms with Crippen LogP contribution < -0.4 is 0 Å². The lowest BCUT2D eigenvalue weighted by molar-refractivity contribution is -0.111. The molecule has 0 aliphatic rings. The molecular formula is C6H5Cl2NOS. The van der Waals surface area contributed by atoms with Gasteiger partial charge in [0.1, 0.15) is 0 Å². The van der Waals surface area contributed by atoms with Crippen molar-refractivity contribution in [2.75, 3.05) is 0 Å². The summed E-state index contributed by atoms with van der Waals surface area (Å²) in [6.45, 7) is 0. The van der Waals surface area contributed by atoms with E-state index in [9.17, 15) is 4.79 Å². The third kappa shape index (κ3) is 3.18. The molecule has 1 aromatic heterocycles. The molecule has 0 saturated carbocycles. The molecule has 5 heteroatoms. The average Bonchev–Trinajstić information content (AvgIpc) is 2.31. The summed E-state index contributed by atoms with van der Waals surface area (Å²) in [5.41, 5.74) is 0. The van der Waals surface area contributed by atoms with E-state index in [-0.39, 0.29) is 5.24 Å². The van der Waals surface area contributed by atoms with Crippen LogP contribution in [-0.2, 0) is 11.2 Å². The van der Waals surface area contributed by atoms with Crippen LogP contribution in [0.2, 0.25) is 4.47 Å². The third-order valence-electron chi connectivity index (χ3n) is 1.09. The highest BCUT2D eigenvalue weighted by molar-refractivity contribution is 7.15. The monoisotopic (exact) mass is 209 g/mol. The maximum atomic E-state index is 10.3. The fourth-order valence-corrected chi connectivity index (χ4v) is 1.69. The summed E-state index contributed by atoms with van der Waals surface area (Å²) in [6, 6.07) is 0. The SMILES string of the molecule is O=C(Cl)CCc1cnc(Cl)s1. The van der Waals surface area contributed by atoms with Crippen molar-refractivity contribution in [3.63, 3.8) is 0 Å². The van der Waals surface area contributed by atoms with Gasteiger partial charge in [-0.15, -0.1) is 11.3 Å². The minimum absolute atomic E-state index is 0.325. The first-order valence-electron chi connectivity index (χ1n) is 2.97. The Morgan fingerprint density at radius 2 is 2.45 bits per heavy atom. The van der Waals surface area contributed by atoms with Crippen molar-refractivity contribution in [3.05, 3.63) is 15.5 Å². The van der Waals surface area contributed by atoms with Gasteiger partial charge in [-0.25, -0.2) is 4.98 Å². The van der Waals surface area contributed by atoms with Crippen molar-refractivity contribution in [1.29, 1.82) is 0 Å². The molecule has 2 nitrogen and oxygen atoms in total. The lowest BCUT2D eigenvalue weighted by atomic mass is 10.3. The van der Waals surface area contributed by atoms with Crippen molar-refractivity contribution in [3.8, 4) is 0 Å². The lowest BCUT2D eigenvalue weighted by Crippen LogP contribution is -1.88. The number of hydrogen-bond acceptors (Lipinski definition) is 3. The van der Waals surface area contributed by atoms with Crippen molar-refractivity contribution < 1.29 is 4.79 Å². The molecule has 0 N–H and O–H groups in total. The Morgan fingerprint density at radius 1 is 1.73 bits per heavy atom. The molecule has 0 atom stereocenters. The van der Waals surface area contributed by atoms with Crippen LogP contribution in [0.15, 0.2) is 6.20 Å². The first kappa shape index (κ1) is 8.97. The zero-order chi connectivity index (χ0) is 8.27. The Balaban J connectivity index is 2.45. The Morgan fingerprint density at radius 3 is 2.91 bits per heavy atom. The fourth-order valence-electron chi connectivity index (χ4n) is 0.621. The Labute approximate surface area is 78.2 Å². The summed E-state index contributed by atoms with van der Waals surface area (Å²) in [5.74, 6) is 0. The molecule has 0 aliphatic heterocycles. The summed E-state index contributed by atoms with van der Waals surface area (Å²) in [6.07, 6.45) is 2.64. The van der Waals surface area contributed by atoms with Gasteiger partial charge in [-0.3, -0.25) is 4.79 Å². The molecule has 0 fully saturated rings. The van der Waals surface area contributed by atoms with Gasteiger partial charge in [-0.2, -0.15) is 0 Å². The minimum Gasteiger partial charge on any atom is -0.281 e. The van der Waals surface area contributed by atoms with Crippen LogP contribution in [0.4, 0.5) is 0 Å². The van der Waals surface area contributed by atoms with Crippen molar-refractivity contribution in [2.24, 2.45) is 0 Å². The molecular weight excluding hydrogens is 205 g/mol. The number of rotatable bonds is 3. The lowest BCUT2D eigenvalue weighted by Gasteiger charge is -1.88. The topological polar surface area (TPSA) is 30.0 Å². The van der Waals surface area contributed by atoms with Crippen LogP contribution >= 0.6 is 34.5 Å². The Kier molecular flexibility index (Phi) is 3.30. The standard InChI is InChI=1S/C6H5Cl2NOS/c7-5(10)2-1-4-3-9-6(8)11-4/h3H,1-2H2. The van der Waals surface area contributed by atoms with Gasteiger partial charge < -0.3 is 0 Å². The summed E-state index contributed by atoms with van der Waals surface area (Å²) in [5, 5.41) is -0.325. The van der Waals surface area contributed by atoms with E-state index in [4.69, 9.17) is 23.2 Å². The maximum absolute atomic E-state index is 10.3. The maximum Gasteiger partial charge on any atom is 0.221 e. The molecule has 0 unspecified atom stereocenters. The largest absolute Gasteiger partial charge is 0.281 e. The number of carbonyl (C=O) groups is 1. The minimum atomic E-state index is -0.325. The number of hydrogen-bond donors (Lipinski definition) is 0. The second-order valence-corrected chi connectivity index (χ2v) is 4.05. The summed E-state index contributed by atoms with van der Waals surface area (Å²) in [4.78, 5) is 15.2. The zero-order valence-electron chi connectivity index (χ0n) is 5.51. The first-order valence-corrected chi connectivity index (χ1v) is 4.54. The van der Waals surface area contributed by atoms with E-state index in [0.29, 0.717) is 17.3 Å². The first-order chi connectivity index (χ1) is 5.18. The molecule has 1 heterocycles. The number of aryl methyl sites for hydroxylation is 1. The predicted molar refractivity (Wildman–Crippen MR) is 46.3 cm³/mol. The highest BCUT2D eigenvalue weighted by Gasteiger charge is 2.01. The van der Waals surface area contributed by atoms with E-state index < -0.39 is 0 Å². The van der Waals surface area contributed by atoms with Crippen molar-refractivity contribution >= 4 is 39.8 Å². The molecule has 0 bridgehead atoms. The number of nitrogens with zero attached hydrogens (tertiary/aromatic N) is 1. The van der Waals surface area contributed by atoms with Crippen molar-refractivity contribution in [2.45, 2.75) is 12.8 Å². The van der Waals surface area contributed by atoms with Gasteiger partial charge in [0.25, 0.3) is 0 Å². The van der Waals surface area contributed by atoms with Crippen LogP contribution in [-0.4, -0.2) is 10.2 Å². The molecule has 60 valence electrons. The third-order valence-corrected chi connectivity index (χ3v) is 2.46. The second-order valence-electron chi connectivity index (χ2n) is 1.93. The molecule has 1 aromatic rings. The molecule has 0 aromatic carbocycles. The van der Waals surface area contributed by atoms with Crippen LogP contribution in [0.1, 0.15) is 11.3 Å². The number of halogens is 2. The molecule has 0 amide bonds. The van der Waals surface area contributed by atoms with E-state index in [0.717, 1.165) is 4.88 Å². The second kappa shape index (κ2) is 4.04. The van der Waals surface area contributed by atoms with Crippen LogP contribution in [0.25, 0.3) is 0 Å². The van der Waals surface area contributed by atoms with E-state index in [2.05, 4.69) is 4.98 Å². The summed E-state index contributed by atoms with van der Waals surface area (Å²) >= 11 is 12.1. The molecule has 0 aliphatic carbocycles. The number of thiazole rings is 1.